The molecule has 0 fully saturated rings. The van der Waals surface area contributed by atoms with Gasteiger partial charge in [0.1, 0.15) is 4.90 Å². The summed E-state index contributed by atoms with van der Waals surface area (Å²) in [4.78, 5) is -0.155. The summed E-state index contributed by atoms with van der Waals surface area (Å²) in [5.74, 6) is -0.307. The second-order valence-corrected chi connectivity index (χ2v) is 8.01. The highest BCUT2D eigenvalue weighted by atomic mass is 35.5. The number of halogens is 2. The molecule has 0 saturated heterocycles. The number of nitrogens with one attached hydrogen (secondary N) is 1. The Labute approximate surface area is 122 Å². The monoisotopic (exact) mass is 346 g/mol. The van der Waals surface area contributed by atoms with Gasteiger partial charge in [0, 0.05) is 11.6 Å². The fraction of sp³-hybridized carbons (Fsp3) is 0.333. The van der Waals surface area contributed by atoms with Gasteiger partial charge in [0.05, 0.1) is 10.8 Å². The molecule has 1 rings (SSSR count). The Morgan fingerprint density at radius 2 is 1.79 bits per heavy atom. The Balaban J connectivity index is 2.74. The van der Waals surface area contributed by atoms with Gasteiger partial charge in [0.25, 0.3) is 0 Å². The summed E-state index contributed by atoms with van der Waals surface area (Å²) in [6.07, 6.45) is 0.0657. The van der Waals surface area contributed by atoms with Crippen LogP contribution in [0.1, 0.15) is 6.42 Å². The molecule has 0 bridgehead atoms. The van der Waals surface area contributed by atoms with Crippen molar-refractivity contribution in [3.63, 3.8) is 0 Å². The van der Waals surface area contributed by atoms with Gasteiger partial charge in [0.15, 0.2) is 0 Å². The molecule has 19 heavy (non-hydrogen) atoms. The topological polar surface area (TPSA) is 106 Å². The minimum Gasteiger partial charge on any atom is -0.229 e. The molecule has 0 aliphatic rings. The predicted octanol–water partition coefficient (Wildman–Crippen LogP) is 0.950. The molecule has 0 radical (unpaired) electrons. The summed E-state index contributed by atoms with van der Waals surface area (Å²) in [5, 5.41) is 5.06. The molecule has 10 heteroatoms. The van der Waals surface area contributed by atoms with Crippen LogP contribution in [0.2, 0.25) is 10.0 Å². The lowest BCUT2D eigenvalue weighted by molar-refractivity contribution is 0.576. The van der Waals surface area contributed by atoms with Crippen LogP contribution >= 0.6 is 23.2 Å². The summed E-state index contributed by atoms with van der Waals surface area (Å²) in [6.45, 7) is -0.0679. The lowest BCUT2D eigenvalue weighted by Gasteiger charge is -2.08. The van der Waals surface area contributed by atoms with Crippen molar-refractivity contribution in [1.29, 1.82) is 0 Å². The highest BCUT2D eigenvalue weighted by molar-refractivity contribution is 7.89. The van der Waals surface area contributed by atoms with Crippen molar-refractivity contribution in [1.82, 2.24) is 4.72 Å². The van der Waals surface area contributed by atoms with Crippen LogP contribution in [0, 0.1) is 0 Å². The van der Waals surface area contributed by atoms with Crippen molar-refractivity contribution in [2.24, 2.45) is 5.14 Å². The van der Waals surface area contributed by atoms with E-state index in [0.717, 1.165) is 0 Å². The number of hydrogen-bond donors (Lipinski definition) is 2. The average molecular weight is 347 g/mol. The van der Waals surface area contributed by atoms with Gasteiger partial charge in [-0.25, -0.2) is 26.7 Å². The molecule has 0 unspecified atom stereocenters. The molecule has 0 amide bonds. The average Bonchev–Trinajstić information content (AvgIpc) is 2.26. The first-order valence-corrected chi connectivity index (χ1v) is 9.02. The Hall–Kier alpha value is -0.380. The van der Waals surface area contributed by atoms with Crippen LogP contribution in [0.4, 0.5) is 0 Å². The van der Waals surface area contributed by atoms with Gasteiger partial charge in [0.2, 0.25) is 20.0 Å². The van der Waals surface area contributed by atoms with E-state index in [1.54, 1.807) is 0 Å². The van der Waals surface area contributed by atoms with Crippen LogP contribution in [0.5, 0.6) is 0 Å². The first-order chi connectivity index (χ1) is 8.62. The van der Waals surface area contributed by atoms with Gasteiger partial charge < -0.3 is 0 Å². The van der Waals surface area contributed by atoms with Crippen LogP contribution in [-0.2, 0) is 20.0 Å². The summed E-state index contributed by atoms with van der Waals surface area (Å²) in [6, 6.07) is 4.04. The van der Waals surface area contributed by atoms with Crippen LogP contribution in [0.15, 0.2) is 23.1 Å². The molecule has 6 nitrogen and oxygen atoms in total. The molecule has 1 aromatic carbocycles. The zero-order valence-electron chi connectivity index (χ0n) is 9.64. The molecule has 0 atom stereocenters. The van der Waals surface area contributed by atoms with E-state index in [1.165, 1.54) is 18.2 Å². The fourth-order valence-electron chi connectivity index (χ4n) is 1.24. The Morgan fingerprint density at radius 3 is 2.37 bits per heavy atom. The Morgan fingerprint density at radius 1 is 1.16 bits per heavy atom. The van der Waals surface area contributed by atoms with Gasteiger partial charge in [-0.05, 0) is 24.6 Å². The van der Waals surface area contributed by atoms with Crippen LogP contribution in [0.25, 0.3) is 0 Å². The predicted molar refractivity (Wildman–Crippen MR) is 74.2 cm³/mol. The molecule has 0 aliphatic carbocycles. The van der Waals surface area contributed by atoms with E-state index in [4.69, 9.17) is 28.3 Å². The van der Waals surface area contributed by atoms with Crippen molar-refractivity contribution >= 4 is 43.2 Å². The van der Waals surface area contributed by atoms with Gasteiger partial charge >= 0.3 is 0 Å². The minimum atomic E-state index is -3.83. The minimum absolute atomic E-state index is 0.0309. The van der Waals surface area contributed by atoms with Crippen molar-refractivity contribution in [2.45, 2.75) is 11.3 Å². The van der Waals surface area contributed by atoms with Gasteiger partial charge in [-0.3, -0.25) is 0 Å². The number of nitrogens with two attached hydrogens (primary N) is 1. The van der Waals surface area contributed by atoms with Gasteiger partial charge in [-0.15, -0.1) is 0 Å². The van der Waals surface area contributed by atoms with E-state index in [2.05, 4.69) is 4.72 Å². The normalized spacial score (nSPS) is 12.6. The van der Waals surface area contributed by atoms with E-state index in [0.29, 0.717) is 0 Å². The van der Waals surface area contributed by atoms with E-state index in [9.17, 15) is 16.8 Å². The molecule has 0 heterocycles. The third-order valence-electron chi connectivity index (χ3n) is 2.08. The van der Waals surface area contributed by atoms with Crippen LogP contribution in [-0.4, -0.2) is 29.1 Å². The number of benzene rings is 1. The SMILES string of the molecule is NS(=O)(=O)CCCNS(=O)(=O)c1cc(Cl)ccc1Cl. The number of rotatable bonds is 6. The van der Waals surface area contributed by atoms with Crippen molar-refractivity contribution in [3.8, 4) is 0 Å². The van der Waals surface area contributed by atoms with Crippen molar-refractivity contribution in [3.05, 3.63) is 28.2 Å². The molecule has 0 saturated carbocycles. The number of hydrogen-bond acceptors (Lipinski definition) is 4. The maximum absolute atomic E-state index is 11.9. The highest BCUT2D eigenvalue weighted by Gasteiger charge is 2.18. The standard InChI is InChI=1S/C9H12Cl2N2O4S2/c10-7-2-3-8(11)9(6-7)19(16,17)13-4-1-5-18(12,14)15/h2-3,6,13H,1,4-5H2,(H2,12,14,15). The van der Waals surface area contributed by atoms with Crippen molar-refractivity contribution in [2.75, 3.05) is 12.3 Å². The highest BCUT2D eigenvalue weighted by Crippen LogP contribution is 2.24. The molecule has 3 N–H and O–H groups in total. The molecule has 1 aromatic rings. The second-order valence-electron chi connectivity index (χ2n) is 3.69. The van der Waals surface area contributed by atoms with Gasteiger partial charge in [-0.2, -0.15) is 0 Å². The first kappa shape index (κ1) is 16.7. The molecule has 0 spiro atoms. The third-order valence-corrected chi connectivity index (χ3v) is 5.12. The molecular formula is C9H12Cl2N2O4S2. The lowest BCUT2D eigenvalue weighted by Crippen LogP contribution is -2.27. The molecule has 108 valence electrons. The molecule has 0 aromatic heterocycles. The largest absolute Gasteiger partial charge is 0.242 e. The second kappa shape index (κ2) is 6.38. The maximum Gasteiger partial charge on any atom is 0.242 e. The van der Waals surface area contributed by atoms with E-state index < -0.39 is 20.0 Å². The van der Waals surface area contributed by atoms with E-state index >= 15 is 0 Å². The fourth-order valence-corrected chi connectivity index (χ4v) is 3.62. The molecule has 0 aliphatic heterocycles. The van der Waals surface area contributed by atoms with E-state index in [-0.39, 0.29) is 33.7 Å². The summed E-state index contributed by atoms with van der Waals surface area (Å²) in [5.41, 5.74) is 0. The Kier molecular flexibility index (Phi) is 5.60. The lowest BCUT2D eigenvalue weighted by atomic mass is 10.4. The maximum atomic E-state index is 11.9. The van der Waals surface area contributed by atoms with Crippen LogP contribution in [0.3, 0.4) is 0 Å². The van der Waals surface area contributed by atoms with Crippen LogP contribution < -0.4 is 9.86 Å². The quantitative estimate of drug-likeness (QED) is 0.747. The zero-order valence-corrected chi connectivity index (χ0v) is 12.8. The number of sulfonamides is 2. The molecular weight excluding hydrogens is 335 g/mol. The first-order valence-electron chi connectivity index (χ1n) is 5.07. The van der Waals surface area contributed by atoms with Crippen molar-refractivity contribution < 1.29 is 16.8 Å². The summed E-state index contributed by atoms with van der Waals surface area (Å²) >= 11 is 11.5. The van der Waals surface area contributed by atoms with E-state index in [1.807, 2.05) is 0 Å². The third kappa shape index (κ3) is 5.64. The smallest absolute Gasteiger partial charge is 0.229 e. The Bertz CT molecular complexity index is 659. The summed E-state index contributed by atoms with van der Waals surface area (Å²) < 4.78 is 47.4. The zero-order chi connectivity index (χ0) is 14.7. The number of primary sulfonamides is 1. The summed E-state index contributed by atoms with van der Waals surface area (Å²) in [7, 11) is -7.44. The van der Waals surface area contributed by atoms with Gasteiger partial charge in [-0.1, -0.05) is 23.2 Å².